The Balaban J connectivity index is 1.62. The molecule has 0 aliphatic carbocycles. The summed E-state index contributed by atoms with van der Waals surface area (Å²) in [6.07, 6.45) is 0.289. The van der Waals surface area contributed by atoms with Crippen molar-refractivity contribution in [3.63, 3.8) is 0 Å². The summed E-state index contributed by atoms with van der Waals surface area (Å²) in [6, 6.07) is 11.6. The van der Waals surface area contributed by atoms with Crippen molar-refractivity contribution in [3.8, 4) is 0 Å². The SMILES string of the molecule is Cc1ccc(Cc2cnc(NC(=O)/C=C/c3ccc(Cl)c(C(F)(F)F)c3)s2)cc1. The first-order valence-corrected chi connectivity index (χ1v) is 9.76. The molecule has 0 bridgehead atoms. The van der Waals surface area contributed by atoms with Gasteiger partial charge in [0.05, 0.1) is 10.6 Å². The zero-order chi connectivity index (χ0) is 21.0. The number of anilines is 1. The summed E-state index contributed by atoms with van der Waals surface area (Å²) in [7, 11) is 0. The lowest BCUT2D eigenvalue weighted by Gasteiger charge is -2.09. The van der Waals surface area contributed by atoms with Crippen LogP contribution in [0.2, 0.25) is 5.02 Å². The molecule has 2 aromatic carbocycles. The number of alkyl halides is 3. The first-order valence-electron chi connectivity index (χ1n) is 8.57. The van der Waals surface area contributed by atoms with Crippen molar-refractivity contribution >= 4 is 40.1 Å². The molecule has 1 N–H and O–H groups in total. The van der Waals surface area contributed by atoms with Crippen molar-refractivity contribution in [1.82, 2.24) is 4.98 Å². The Labute approximate surface area is 174 Å². The van der Waals surface area contributed by atoms with Crippen LogP contribution in [0.15, 0.2) is 54.7 Å². The fourth-order valence-corrected chi connectivity index (χ4v) is 3.61. The van der Waals surface area contributed by atoms with Gasteiger partial charge in [0.15, 0.2) is 5.13 Å². The molecule has 0 saturated carbocycles. The Morgan fingerprint density at radius 2 is 1.93 bits per heavy atom. The van der Waals surface area contributed by atoms with Crippen LogP contribution < -0.4 is 5.32 Å². The predicted octanol–water partition coefficient (Wildman–Crippen LogP) is 6.37. The van der Waals surface area contributed by atoms with Crippen molar-refractivity contribution in [2.24, 2.45) is 0 Å². The van der Waals surface area contributed by atoms with Crippen LogP contribution in [0, 0.1) is 6.92 Å². The molecule has 1 aromatic heterocycles. The number of carbonyl (C=O) groups is 1. The molecule has 0 aliphatic rings. The van der Waals surface area contributed by atoms with Crippen molar-refractivity contribution < 1.29 is 18.0 Å². The molecule has 0 radical (unpaired) electrons. The molecule has 0 unspecified atom stereocenters. The van der Waals surface area contributed by atoms with E-state index in [0.717, 1.165) is 28.6 Å². The highest BCUT2D eigenvalue weighted by atomic mass is 35.5. The van der Waals surface area contributed by atoms with E-state index < -0.39 is 17.6 Å². The minimum absolute atomic E-state index is 0.219. The maximum absolute atomic E-state index is 12.9. The first kappa shape index (κ1) is 21.1. The molecular weight excluding hydrogens is 421 g/mol. The first-order chi connectivity index (χ1) is 13.7. The number of thiazole rings is 1. The van der Waals surface area contributed by atoms with Gasteiger partial charge in [0.25, 0.3) is 0 Å². The molecular formula is C21H16ClF3N2OS. The lowest BCUT2D eigenvalue weighted by atomic mass is 10.1. The van der Waals surface area contributed by atoms with E-state index in [-0.39, 0.29) is 10.6 Å². The minimum atomic E-state index is -4.56. The summed E-state index contributed by atoms with van der Waals surface area (Å²) in [5, 5.41) is 2.66. The van der Waals surface area contributed by atoms with Gasteiger partial charge in [-0.3, -0.25) is 10.1 Å². The summed E-state index contributed by atoms with van der Waals surface area (Å²) >= 11 is 6.94. The van der Waals surface area contributed by atoms with Crippen LogP contribution in [-0.4, -0.2) is 10.9 Å². The minimum Gasteiger partial charge on any atom is -0.298 e. The summed E-state index contributed by atoms with van der Waals surface area (Å²) in [4.78, 5) is 17.2. The number of nitrogens with one attached hydrogen (secondary N) is 1. The van der Waals surface area contributed by atoms with Gasteiger partial charge in [0, 0.05) is 23.6 Å². The van der Waals surface area contributed by atoms with Gasteiger partial charge >= 0.3 is 6.18 Å². The van der Waals surface area contributed by atoms with E-state index in [1.165, 1.54) is 29.0 Å². The second-order valence-electron chi connectivity index (χ2n) is 6.35. The highest BCUT2D eigenvalue weighted by molar-refractivity contribution is 7.15. The molecule has 0 spiro atoms. The van der Waals surface area contributed by atoms with Gasteiger partial charge in [-0.05, 0) is 36.3 Å². The molecule has 1 amide bonds. The molecule has 3 nitrogen and oxygen atoms in total. The van der Waals surface area contributed by atoms with E-state index in [1.807, 2.05) is 31.2 Å². The third-order valence-corrected chi connectivity index (χ3v) is 5.25. The summed E-state index contributed by atoms with van der Waals surface area (Å²) in [5.74, 6) is -0.482. The largest absolute Gasteiger partial charge is 0.417 e. The van der Waals surface area contributed by atoms with Crippen molar-refractivity contribution in [2.45, 2.75) is 19.5 Å². The predicted molar refractivity (Wildman–Crippen MR) is 110 cm³/mol. The number of hydrogen-bond donors (Lipinski definition) is 1. The Kier molecular flexibility index (Phi) is 6.39. The van der Waals surface area contributed by atoms with Crippen LogP contribution >= 0.6 is 22.9 Å². The van der Waals surface area contributed by atoms with Crippen molar-refractivity contribution in [1.29, 1.82) is 0 Å². The summed E-state index contributed by atoms with van der Waals surface area (Å²) in [6.45, 7) is 2.02. The Morgan fingerprint density at radius 3 is 2.62 bits per heavy atom. The van der Waals surface area contributed by atoms with Gasteiger partial charge in [-0.15, -0.1) is 11.3 Å². The Morgan fingerprint density at radius 1 is 1.21 bits per heavy atom. The zero-order valence-corrected chi connectivity index (χ0v) is 16.8. The van der Waals surface area contributed by atoms with E-state index in [0.29, 0.717) is 11.6 Å². The number of amides is 1. The molecule has 8 heteroatoms. The van der Waals surface area contributed by atoms with Gasteiger partial charge in [-0.2, -0.15) is 13.2 Å². The van der Waals surface area contributed by atoms with Gasteiger partial charge in [0.1, 0.15) is 0 Å². The number of halogens is 4. The van der Waals surface area contributed by atoms with Crippen LogP contribution in [0.4, 0.5) is 18.3 Å². The maximum atomic E-state index is 12.9. The quantitative estimate of drug-likeness (QED) is 0.472. The number of aryl methyl sites for hydroxylation is 1. The summed E-state index contributed by atoms with van der Waals surface area (Å²) < 4.78 is 38.7. The number of carbonyl (C=O) groups excluding carboxylic acids is 1. The van der Waals surface area contributed by atoms with Gasteiger partial charge < -0.3 is 0 Å². The fraction of sp³-hybridized carbons (Fsp3) is 0.143. The molecule has 150 valence electrons. The smallest absolute Gasteiger partial charge is 0.298 e. The number of hydrogen-bond acceptors (Lipinski definition) is 3. The van der Waals surface area contributed by atoms with Crippen LogP contribution in [0.25, 0.3) is 6.08 Å². The zero-order valence-electron chi connectivity index (χ0n) is 15.3. The maximum Gasteiger partial charge on any atom is 0.417 e. The second kappa shape index (κ2) is 8.80. The van der Waals surface area contributed by atoms with Gasteiger partial charge in [0.2, 0.25) is 5.91 Å². The molecule has 3 rings (SSSR count). The Bertz CT molecular complexity index is 1040. The fourth-order valence-electron chi connectivity index (χ4n) is 2.54. The van der Waals surface area contributed by atoms with Crippen LogP contribution in [0.5, 0.6) is 0 Å². The third-order valence-electron chi connectivity index (χ3n) is 4.01. The number of nitrogens with zero attached hydrogens (tertiary/aromatic N) is 1. The highest BCUT2D eigenvalue weighted by Crippen LogP contribution is 2.35. The molecule has 0 fully saturated rings. The number of aromatic nitrogens is 1. The van der Waals surface area contributed by atoms with Gasteiger partial charge in [-0.1, -0.05) is 47.5 Å². The molecule has 29 heavy (non-hydrogen) atoms. The van der Waals surface area contributed by atoms with Crippen molar-refractivity contribution in [3.05, 3.63) is 86.9 Å². The van der Waals surface area contributed by atoms with E-state index >= 15 is 0 Å². The third kappa shape index (κ3) is 5.92. The van der Waals surface area contributed by atoms with E-state index in [2.05, 4.69) is 10.3 Å². The van der Waals surface area contributed by atoms with Crippen LogP contribution in [0.3, 0.4) is 0 Å². The lowest BCUT2D eigenvalue weighted by molar-refractivity contribution is -0.137. The molecule has 0 aliphatic heterocycles. The topological polar surface area (TPSA) is 42.0 Å². The van der Waals surface area contributed by atoms with Crippen LogP contribution in [0.1, 0.15) is 27.1 Å². The average molecular weight is 437 g/mol. The molecule has 3 aromatic rings. The number of rotatable bonds is 5. The van der Waals surface area contributed by atoms with Gasteiger partial charge in [-0.25, -0.2) is 4.98 Å². The average Bonchev–Trinajstić information content (AvgIpc) is 3.08. The van der Waals surface area contributed by atoms with E-state index in [4.69, 9.17) is 11.6 Å². The molecule has 1 heterocycles. The van der Waals surface area contributed by atoms with E-state index in [9.17, 15) is 18.0 Å². The highest BCUT2D eigenvalue weighted by Gasteiger charge is 2.33. The monoisotopic (exact) mass is 436 g/mol. The lowest BCUT2D eigenvalue weighted by Crippen LogP contribution is -2.07. The Hall–Kier alpha value is -2.64. The molecule has 0 atom stereocenters. The van der Waals surface area contributed by atoms with Crippen molar-refractivity contribution in [2.75, 3.05) is 5.32 Å². The standard InChI is InChI=1S/C21H16ClF3N2OS/c1-13-2-4-14(5-3-13)10-16-12-26-20(29-16)27-19(28)9-7-15-6-8-18(22)17(11-15)21(23,24)25/h2-9,11-12H,10H2,1H3,(H,26,27,28)/b9-7+. The normalized spacial score (nSPS) is 11.8. The summed E-state index contributed by atoms with van der Waals surface area (Å²) in [5.41, 5.74) is 1.60. The van der Waals surface area contributed by atoms with Crippen LogP contribution in [-0.2, 0) is 17.4 Å². The molecule has 0 saturated heterocycles. The van der Waals surface area contributed by atoms with E-state index in [1.54, 1.807) is 6.20 Å². The number of benzene rings is 2. The second-order valence-corrected chi connectivity index (χ2v) is 7.88.